The number of nitrogens with zero attached hydrogens (tertiary/aromatic N) is 1. The maximum Gasteiger partial charge on any atom is 0.274 e. The van der Waals surface area contributed by atoms with Crippen molar-refractivity contribution >= 4 is 17.9 Å². The highest BCUT2D eigenvalue weighted by Crippen LogP contribution is 2.37. The molecule has 0 radical (unpaired) electrons. The fraction of sp³-hybridized carbons (Fsp3) is 0.231. The maximum atomic E-state index is 11.7. The van der Waals surface area contributed by atoms with E-state index in [2.05, 4.69) is 5.32 Å². The number of rotatable bonds is 3. The molecule has 1 saturated heterocycles. The van der Waals surface area contributed by atoms with Gasteiger partial charge >= 0.3 is 0 Å². The van der Waals surface area contributed by atoms with Gasteiger partial charge in [-0.25, -0.2) is 0 Å². The summed E-state index contributed by atoms with van der Waals surface area (Å²) < 4.78 is 10.1. The molecule has 1 amide bonds. The third kappa shape index (κ3) is 2.25. The molecule has 0 aromatic heterocycles. The van der Waals surface area contributed by atoms with Crippen LogP contribution in [0.25, 0.3) is 6.08 Å². The summed E-state index contributed by atoms with van der Waals surface area (Å²) in [6, 6.07) is 3.15. The first kappa shape index (κ1) is 13.7. The van der Waals surface area contributed by atoms with Crippen molar-refractivity contribution in [2.75, 3.05) is 21.3 Å². The second-order valence-corrected chi connectivity index (χ2v) is 4.17. The summed E-state index contributed by atoms with van der Waals surface area (Å²) in [5.41, 5.74) is 0.938. The quantitative estimate of drug-likeness (QED) is 0.709. The number of ether oxygens (including phenoxy) is 2. The molecule has 2 rings (SSSR count). The van der Waals surface area contributed by atoms with Crippen molar-refractivity contribution < 1.29 is 19.4 Å². The van der Waals surface area contributed by atoms with Crippen LogP contribution in [-0.2, 0) is 4.79 Å². The third-order valence-corrected chi connectivity index (χ3v) is 2.97. The first-order valence-electron chi connectivity index (χ1n) is 5.78. The van der Waals surface area contributed by atoms with Crippen molar-refractivity contribution in [3.8, 4) is 17.2 Å². The normalized spacial score (nSPS) is 16.6. The van der Waals surface area contributed by atoms with Crippen LogP contribution in [0.1, 0.15) is 5.56 Å². The number of guanidine groups is 1. The number of benzene rings is 1. The van der Waals surface area contributed by atoms with Gasteiger partial charge in [0, 0.05) is 7.05 Å². The summed E-state index contributed by atoms with van der Waals surface area (Å²) in [6.45, 7) is 0. The van der Waals surface area contributed by atoms with E-state index in [9.17, 15) is 9.90 Å². The van der Waals surface area contributed by atoms with E-state index in [0.717, 1.165) is 0 Å². The zero-order chi connectivity index (χ0) is 14.9. The van der Waals surface area contributed by atoms with Crippen LogP contribution < -0.4 is 14.8 Å². The number of carbonyl (C=O) groups excluding carboxylic acids is 1. The first-order valence-corrected chi connectivity index (χ1v) is 5.78. The van der Waals surface area contributed by atoms with Gasteiger partial charge < -0.3 is 19.5 Å². The highest BCUT2D eigenvalue weighted by Gasteiger charge is 2.27. The maximum absolute atomic E-state index is 11.7. The van der Waals surface area contributed by atoms with Gasteiger partial charge in [0.2, 0.25) is 11.7 Å². The van der Waals surface area contributed by atoms with Gasteiger partial charge in [-0.1, -0.05) is 0 Å². The molecule has 20 heavy (non-hydrogen) atoms. The number of hydrogen-bond donors (Lipinski definition) is 3. The fourth-order valence-electron chi connectivity index (χ4n) is 1.85. The van der Waals surface area contributed by atoms with Crippen LogP contribution in [0.4, 0.5) is 0 Å². The van der Waals surface area contributed by atoms with E-state index in [0.29, 0.717) is 11.3 Å². The van der Waals surface area contributed by atoms with Crippen molar-refractivity contribution in [3.63, 3.8) is 0 Å². The SMILES string of the molecule is COc1cc(/C=C2\C(=O)NC(=N)N2C)cc(OC)c1O. The Morgan fingerprint density at radius 1 is 1.30 bits per heavy atom. The minimum absolute atomic E-state index is 0.0129. The summed E-state index contributed by atoms with van der Waals surface area (Å²) in [7, 11) is 4.46. The van der Waals surface area contributed by atoms with Gasteiger partial charge in [0.25, 0.3) is 5.91 Å². The van der Waals surface area contributed by atoms with E-state index >= 15 is 0 Å². The molecule has 0 aliphatic carbocycles. The van der Waals surface area contributed by atoms with Crippen molar-refractivity contribution in [1.29, 1.82) is 5.41 Å². The highest BCUT2D eigenvalue weighted by atomic mass is 16.5. The number of amides is 1. The lowest BCUT2D eigenvalue weighted by molar-refractivity contribution is -0.115. The number of phenols is 1. The van der Waals surface area contributed by atoms with Crippen LogP contribution in [-0.4, -0.2) is 43.1 Å². The minimum atomic E-state index is -0.358. The van der Waals surface area contributed by atoms with Crippen molar-refractivity contribution in [2.45, 2.75) is 0 Å². The lowest BCUT2D eigenvalue weighted by Gasteiger charge is -2.11. The third-order valence-electron chi connectivity index (χ3n) is 2.97. The zero-order valence-corrected chi connectivity index (χ0v) is 11.4. The molecule has 3 N–H and O–H groups in total. The van der Waals surface area contributed by atoms with Crippen LogP contribution in [0.2, 0.25) is 0 Å². The van der Waals surface area contributed by atoms with E-state index in [-0.39, 0.29) is 29.1 Å². The Labute approximate surface area is 115 Å². The Morgan fingerprint density at radius 2 is 1.85 bits per heavy atom. The summed E-state index contributed by atoms with van der Waals surface area (Å²) >= 11 is 0. The molecular formula is C13H15N3O4. The number of methoxy groups -OCH3 is 2. The second kappa shape index (κ2) is 5.12. The van der Waals surface area contributed by atoms with Gasteiger partial charge in [-0.15, -0.1) is 0 Å². The zero-order valence-electron chi connectivity index (χ0n) is 11.4. The van der Waals surface area contributed by atoms with E-state index in [1.54, 1.807) is 25.3 Å². The van der Waals surface area contributed by atoms with Crippen LogP contribution in [0.3, 0.4) is 0 Å². The van der Waals surface area contributed by atoms with Crippen molar-refractivity contribution in [2.24, 2.45) is 0 Å². The Kier molecular flexibility index (Phi) is 3.51. The molecule has 1 fully saturated rings. The molecular weight excluding hydrogens is 262 g/mol. The Balaban J connectivity index is 2.48. The lowest BCUT2D eigenvalue weighted by Crippen LogP contribution is -2.25. The van der Waals surface area contributed by atoms with Crippen LogP contribution in [0.5, 0.6) is 17.2 Å². The predicted molar refractivity (Wildman–Crippen MR) is 72.8 cm³/mol. The second-order valence-electron chi connectivity index (χ2n) is 4.17. The summed E-state index contributed by atoms with van der Waals surface area (Å²) in [5, 5.41) is 19.8. The number of phenolic OH excluding ortho intramolecular Hbond substituents is 1. The van der Waals surface area contributed by atoms with Gasteiger partial charge in [0.05, 0.1) is 14.2 Å². The first-order chi connectivity index (χ1) is 9.47. The molecule has 1 aliphatic rings. The molecule has 1 aliphatic heterocycles. The van der Waals surface area contributed by atoms with Gasteiger partial charge in [-0.3, -0.25) is 15.5 Å². The van der Waals surface area contributed by atoms with Gasteiger partial charge in [-0.2, -0.15) is 0 Å². The van der Waals surface area contributed by atoms with E-state index in [4.69, 9.17) is 14.9 Å². The van der Waals surface area contributed by atoms with Gasteiger partial charge in [-0.05, 0) is 23.8 Å². The van der Waals surface area contributed by atoms with E-state index < -0.39 is 0 Å². The number of carbonyl (C=O) groups is 1. The predicted octanol–water partition coefficient (Wildman–Crippen LogP) is 0.747. The largest absolute Gasteiger partial charge is 0.502 e. The summed E-state index contributed by atoms with van der Waals surface area (Å²) in [4.78, 5) is 13.1. The molecule has 0 bridgehead atoms. The molecule has 1 aromatic carbocycles. The molecule has 0 atom stereocenters. The topological polar surface area (TPSA) is 94.9 Å². The molecule has 106 valence electrons. The Hall–Kier alpha value is -2.70. The molecule has 0 spiro atoms. The van der Waals surface area contributed by atoms with E-state index in [1.165, 1.54) is 19.1 Å². The smallest absolute Gasteiger partial charge is 0.274 e. The van der Waals surface area contributed by atoms with Crippen LogP contribution in [0.15, 0.2) is 17.8 Å². The molecule has 1 heterocycles. The van der Waals surface area contributed by atoms with Crippen molar-refractivity contribution in [1.82, 2.24) is 10.2 Å². The fourth-order valence-corrected chi connectivity index (χ4v) is 1.85. The molecule has 7 nitrogen and oxygen atoms in total. The average Bonchev–Trinajstić information content (AvgIpc) is 2.67. The minimum Gasteiger partial charge on any atom is -0.502 e. The number of hydrogen-bond acceptors (Lipinski definition) is 5. The van der Waals surface area contributed by atoms with Gasteiger partial charge in [0.1, 0.15) is 5.70 Å². The number of likely N-dealkylation sites (N-methyl/N-ethyl adjacent to an activating group) is 1. The Bertz CT molecular complexity index is 585. The van der Waals surface area contributed by atoms with Crippen LogP contribution >= 0.6 is 0 Å². The number of aromatic hydroxyl groups is 1. The monoisotopic (exact) mass is 277 g/mol. The van der Waals surface area contributed by atoms with Crippen LogP contribution in [0, 0.1) is 5.41 Å². The summed E-state index contributed by atoms with van der Waals surface area (Å²) in [6.07, 6.45) is 1.58. The average molecular weight is 277 g/mol. The molecule has 7 heteroatoms. The molecule has 0 unspecified atom stereocenters. The van der Waals surface area contributed by atoms with Crippen molar-refractivity contribution in [3.05, 3.63) is 23.4 Å². The van der Waals surface area contributed by atoms with Gasteiger partial charge in [0.15, 0.2) is 11.5 Å². The summed E-state index contributed by atoms with van der Waals surface area (Å²) in [5.74, 6) is 0.0382. The number of nitrogens with one attached hydrogen (secondary N) is 2. The Morgan fingerprint density at radius 3 is 2.25 bits per heavy atom. The molecule has 1 aromatic rings. The molecule has 0 saturated carbocycles. The lowest BCUT2D eigenvalue weighted by atomic mass is 10.1. The standard InChI is InChI=1S/C13H15N3O4/c1-16-8(12(18)15-13(16)14)4-7-5-9(19-2)11(17)10(6-7)20-3/h4-6,17H,1-3H3,(H2,14,15,18)/b8-4+. The highest BCUT2D eigenvalue weighted by molar-refractivity contribution is 6.14. The van der Waals surface area contributed by atoms with E-state index in [1.807, 2.05) is 0 Å².